The van der Waals surface area contributed by atoms with Gasteiger partial charge in [-0.05, 0) is 6.42 Å². The molecule has 1 rings (SSSR count). The predicted octanol–water partition coefficient (Wildman–Crippen LogP) is 0.836. The number of hydrogen-bond donors (Lipinski definition) is 1. The molecule has 14 heavy (non-hydrogen) atoms. The molecule has 2 N–H and O–H groups in total. The molecule has 1 aliphatic heterocycles. The Hall–Kier alpha value is -0.610. The van der Waals surface area contributed by atoms with Gasteiger partial charge < -0.3 is 15.2 Å². The van der Waals surface area contributed by atoms with Crippen molar-refractivity contribution in [3.05, 3.63) is 0 Å². The largest absolute Gasteiger partial charge is 0.456 e. The quantitative estimate of drug-likeness (QED) is 0.511. The van der Waals surface area contributed by atoms with Gasteiger partial charge in [-0.15, -0.1) is 0 Å². The van der Waals surface area contributed by atoms with Crippen LogP contribution < -0.4 is 5.73 Å². The van der Waals surface area contributed by atoms with E-state index in [1.54, 1.807) is 0 Å². The van der Waals surface area contributed by atoms with Crippen LogP contribution in [-0.2, 0) is 14.3 Å². The zero-order valence-corrected chi connectivity index (χ0v) is 8.70. The van der Waals surface area contributed by atoms with Crippen molar-refractivity contribution in [2.45, 2.75) is 44.8 Å². The van der Waals surface area contributed by atoms with Gasteiger partial charge in [-0.1, -0.05) is 26.2 Å². The lowest BCUT2D eigenvalue weighted by Gasteiger charge is -2.26. The van der Waals surface area contributed by atoms with Gasteiger partial charge in [-0.25, -0.2) is 0 Å². The summed E-state index contributed by atoms with van der Waals surface area (Å²) >= 11 is 0. The van der Waals surface area contributed by atoms with Gasteiger partial charge in [0.1, 0.15) is 12.1 Å². The van der Waals surface area contributed by atoms with E-state index in [0.29, 0.717) is 13.2 Å². The second kappa shape index (κ2) is 5.98. The highest BCUT2D eigenvalue weighted by atomic mass is 16.6. The fraction of sp³-hybridized carbons (Fsp3) is 0.900. The topological polar surface area (TPSA) is 61.6 Å². The summed E-state index contributed by atoms with van der Waals surface area (Å²) in [5.41, 5.74) is 5.67. The second-order valence-electron chi connectivity index (χ2n) is 3.70. The Bertz CT molecular complexity index is 180. The van der Waals surface area contributed by atoms with Gasteiger partial charge in [0, 0.05) is 0 Å². The van der Waals surface area contributed by atoms with Crippen LogP contribution in [0, 0.1) is 0 Å². The molecule has 0 aromatic heterocycles. The summed E-state index contributed by atoms with van der Waals surface area (Å²) in [6, 6.07) is -0.456. The van der Waals surface area contributed by atoms with Crippen LogP contribution in [0.25, 0.3) is 0 Å². The SMILES string of the molecule is CCCCCC(N)C(=O)OC1COC1. The Morgan fingerprint density at radius 2 is 2.29 bits per heavy atom. The third kappa shape index (κ3) is 3.64. The van der Waals surface area contributed by atoms with Crippen molar-refractivity contribution in [1.29, 1.82) is 0 Å². The van der Waals surface area contributed by atoms with Gasteiger partial charge in [0.25, 0.3) is 0 Å². The van der Waals surface area contributed by atoms with Crippen LogP contribution in [0.3, 0.4) is 0 Å². The Kier molecular flexibility index (Phi) is 4.90. The molecular formula is C10H19NO3. The van der Waals surface area contributed by atoms with Crippen molar-refractivity contribution in [1.82, 2.24) is 0 Å². The number of esters is 1. The Labute approximate surface area is 84.7 Å². The average molecular weight is 201 g/mol. The summed E-state index contributed by atoms with van der Waals surface area (Å²) in [4.78, 5) is 11.3. The second-order valence-corrected chi connectivity index (χ2v) is 3.70. The first-order valence-electron chi connectivity index (χ1n) is 5.28. The van der Waals surface area contributed by atoms with Gasteiger partial charge in [-0.3, -0.25) is 4.79 Å². The standard InChI is InChI=1S/C10H19NO3/c1-2-3-4-5-9(11)10(12)14-8-6-13-7-8/h8-9H,2-7,11H2,1H3. The van der Waals surface area contributed by atoms with E-state index in [-0.39, 0.29) is 12.1 Å². The molecule has 1 unspecified atom stereocenters. The van der Waals surface area contributed by atoms with Crippen molar-refractivity contribution in [3.63, 3.8) is 0 Å². The average Bonchev–Trinajstić information content (AvgIpc) is 2.11. The molecule has 0 aliphatic carbocycles. The molecule has 0 aromatic carbocycles. The molecule has 4 nitrogen and oxygen atoms in total. The number of unbranched alkanes of at least 4 members (excludes halogenated alkanes) is 2. The van der Waals surface area contributed by atoms with Crippen LogP contribution in [0.1, 0.15) is 32.6 Å². The van der Waals surface area contributed by atoms with Crippen LogP contribution >= 0.6 is 0 Å². The van der Waals surface area contributed by atoms with Gasteiger partial charge in [0.15, 0.2) is 0 Å². The van der Waals surface area contributed by atoms with Crippen LogP contribution in [0.15, 0.2) is 0 Å². The van der Waals surface area contributed by atoms with Crippen LogP contribution in [0.2, 0.25) is 0 Å². The van der Waals surface area contributed by atoms with E-state index in [9.17, 15) is 4.79 Å². The lowest BCUT2D eigenvalue weighted by atomic mass is 10.1. The zero-order valence-electron chi connectivity index (χ0n) is 8.70. The van der Waals surface area contributed by atoms with E-state index in [2.05, 4.69) is 6.92 Å². The summed E-state index contributed by atoms with van der Waals surface area (Å²) in [7, 11) is 0. The first kappa shape index (κ1) is 11.5. The van der Waals surface area contributed by atoms with Crippen LogP contribution in [0.5, 0.6) is 0 Å². The zero-order chi connectivity index (χ0) is 10.4. The fourth-order valence-electron chi connectivity index (χ4n) is 1.27. The predicted molar refractivity (Wildman–Crippen MR) is 52.8 cm³/mol. The maximum absolute atomic E-state index is 11.3. The number of hydrogen-bond acceptors (Lipinski definition) is 4. The molecule has 1 saturated heterocycles. The summed E-state index contributed by atoms with van der Waals surface area (Å²) in [5.74, 6) is -0.283. The van der Waals surface area contributed by atoms with E-state index < -0.39 is 6.04 Å². The fourth-order valence-corrected chi connectivity index (χ4v) is 1.27. The molecule has 0 aromatic rings. The molecule has 1 aliphatic rings. The lowest BCUT2D eigenvalue weighted by molar-refractivity contribution is -0.173. The van der Waals surface area contributed by atoms with Crippen molar-refractivity contribution in [2.75, 3.05) is 13.2 Å². The van der Waals surface area contributed by atoms with Crippen LogP contribution in [0.4, 0.5) is 0 Å². The van der Waals surface area contributed by atoms with Gasteiger partial charge in [-0.2, -0.15) is 0 Å². The molecule has 0 bridgehead atoms. The van der Waals surface area contributed by atoms with Gasteiger partial charge in [0.05, 0.1) is 13.2 Å². The minimum atomic E-state index is -0.456. The van der Waals surface area contributed by atoms with Crippen molar-refractivity contribution in [2.24, 2.45) is 5.73 Å². The molecular weight excluding hydrogens is 182 g/mol. The van der Waals surface area contributed by atoms with E-state index in [4.69, 9.17) is 15.2 Å². The third-order valence-corrected chi connectivity index (χ3v) is 2.31. The van der Waals surface area contributed by atoms with Crippen LogP contribution in [-0.4, -0.2) is 31.3 Å². The molecule has 0 amide bonds. The molecule has 0 spiro atoms. The first-order valence-corrected chi connectivity index (χ1v) is 5.28. The molecule has 1 fully saturated rings. The van der Waals surface area contributed by atoms with Gasteiger partial charge >= 0.3 is 5.97 Å². The van der Waals surface area contributed by atoms with Crippen molar-refractivity contribution in [3.8, 4) is 0 Å². The minimum absolute atomic E-state index is 0.0558. The van der Waals surface area contributed by atoms with E-state index in [0.717, 1.165) is 25.7 Å². The smallest absolute Gasteiger partial charge is 0.323 e. The Morgan fingerprint density at radius 3 is 2.79 bits per heavy atom. The molecule has 4 heteroatoms. The summed E-state index contributed by atoms with van der Waals surface area (Å²) in [5, 5.41) is 0. The van der Waals surface area contributed by atoms with E-state index in [1.165, 1.54) is 0 Å². The molecule has 1 atom stereocenters. The summed E-state index contributed by atoms with van der Waals surface area (Å²) in [6.45, 7) is 3.16. The van der Waals surface area contributed by atoms with E-state index in [1.807, 2.05) is 0 Å². The first-order chi connectivity index (χ1) is 6.74. The Balaban J connectivity index is 2.08. The summed E-state index contributed by atoms with van der Waals surface area (Å²) in [6.07, 6.45) is 3.92. The Morgan fingerprint density at radius 1 is 1.57 bits per heavy atom. The number of ether oxygens (including phenoxy) is 2. The molecule has 0 radical (unpaired) electrons. The normalized spacial score (nSPS) is 18.7. The third-order valence-electron chi connectivity index (χ3n) is 2.31. The molecule has 0 saturated carbocycles. The summed E-state index contributed by atoms with van der Waals surface area (Å²) < 4.78 is 9.99. The highest BCUT2D eigenvalue weighted by Crippen LogP contribution is 2.09. The maximum atomic E-state index is 11.3. The van der Waals surface area contributed by atoms with E-state index >= 15 is 0 Å². The molecule has 82 valence electrons. The number of carbonyl (C=O) groups is 1. The number of rotatable bonds is 6. The highest BCUT2D eigenvalue weighted by molar-refractivity contribution is 5.75. The monoisotopic (exact) mass is 201 g/mol. The lowest BCUT2D eigenvalue weighted by Crippen LogP contribution is -2.42. The maximum Gasteiger partial charge on any atom is 0.323 e. The van der Waals surface area contributed by atoms with Crippen molar-refractivity contribution >= 4 is 5.97 Å². The van der Waals surface area contributed by atoms with Gasteiger partial charge in [0.2, 0.25) is 0 Å². The highest BCUT2D eigenvalue weighted by Gasteiger charge is 2.25. The molecule has 1 heterocycles. The number of nitrogens with two attached hydrogens (primary N) is 1. The number of carbonyl (C=O) groups excluding carboxylic acids is 1. The minimum Gasteiger partial charge on any atom is -0.456 e. The van der Waals surface area contributed by atoms with Crippen molar-refractivity contribution < 1.29 is 14.3 Å².